The summed E-state index contributed by atoms with van der Waals surface area (Å²) < 4.78 is 5.80. The largest absolute Gasteiger partial charge is 0.494 e. The molecule has 0 bridgehead atoms. The van der Waals surface area contributed by atoms with Gasteiger partial charge in [-0.3, -0.25) is 10.0 Å². The quantitative estimate of drug-likeness (QED) is 0.139. The van der Waals surface area contributed by atoms with E-state index in [9.17, 15) is 4.79 Å². The van der Waals surface area contributed by atoms with E-state index in [1.165, 1.54) is 5.56 Å². The van der Waals surface area contributed by atoms with Crippen LogP contribution in [0, 0.1) is 0 Å². The Labute approximate surface area is 198 Å². The van der Waals surface area contributed by atoms with Gasteiger partial charge in [0.05, 0.1) is 12.0 Å². The van der Waals surface area contributed by atoms with E-state index in [4.69, 9.17) is 9.94 Å². The molecule has 0 fully saturated rings. The molecule has 2 aromatic carbocycles. The summed E-state index contributed by atoms with van der Waals surface area (Å²) in [5.41, 5.74) is 5.60. The maximum atomic E-state index is 11.0. The van der Waals surface area contributed by atoms with E-state index in [1.54, 1.807) is 11.8 Å². The minimum Gasteiger partial charge on any atom is -0.494 e. The van der Waals surface area contributed by atoms with Gasteiger partial charge in [0.15, 0.2) is 0 Å². The lowest BCUT2D eigenvalue weighted by atomic mass is 10.1. The molecular formula is C26H29N5O3. The molecule has 0 saturated heterocycles. The van der Waals surface area contributed by atoms with Crippen LogP contribution >= 0.6 is 0 Å². The molecule has 0 radical (unpaired) electrons. The molecule has 0 saturated carbocycles. The van der Waals surface area contributed by atoms with Crippen molar-refractivity contribution in [1.82, 2.24) is 20.4 Å². The van der Waals surface area contributed by atoms with E-state index in [2.05, 4.69) is 45.4 Å². The Morgan fingerprint density at radius 1 is 1.06 bits per heavy atom. The Hall–Kier alpha value is -3.91. The van der Waals surface area contributed by atoms with Crippen LogP contribution in [0.2, 0.25) is 0 Å². The predicted molar refractivity (Wildman–Crippen MR) is 132 cm³/mol. The summed E-state index contributed by atoms with van der Waals surface area (Å²) in [5, 5.41) is 12.9. The van der Waals surface area contributed by atoms with E-state index >= 15 is 0 Å². The number of H-pyrrole nitrogens is 1. The Bertz CT molecular complexity index is 1210. The van der Waals surface area contributed by atoms with E-state index in [0.717, 1.165) is 53.1 Å². The van der Waals surface area contributed by atoms with Gasteiger partial charge < -0.3 is 15.0 Å². The second kappa shape index (κ2) is 11.3. The normalized spacial score (nSPS) is 11.8. The third-order valence-corrected chi connectivity index (χ3v) is 5.69. The van der Waals surface area contributed by atoms with Crippen LogP contribution in [-0.2, 0) is 4.79 Å². The number of ether oxygens (including phenoxy) is 1. The van der Waals surface area contributed by atoms with Gasteiger partial charge in [-0.05, 0) is 67.6 Å². The maximum Gasteiger partial charge on any atom is 0.243 e. The van der Waals surface area contributed by atoms with Crippen molar-refractivity contribution < 1.29 is 14.7 Å². The lowest BCUT2D eigenvalue weighted by Crippen LogP contribution is -2.17. The van der Waals surface area contributed by atoms with E-state index in [1.807, 2.05) is 42.5 Å². The summed E-state index contributed by atoms with van der Waals surface area (Å²) in [5.74, 6) is 1.24. The highest BCUT2D eigenvalue weighted by atomic mass is 16.5. The minimum atomic E-state index is -0.354. The zero-order valence-electron chi connectivity index (χ0n) is 19.1. The fourth-order valence-corrected chi connectivity index (χ4v) is 3.78. The predicted octanol–water partition coefficient (Wildman–Crippen LogP) is 5.24. The van der Waals surface area contributed by atoms with Gasteiger partial charge in [0, 0.05) is 18.2 Å². The van der Waals surface area contributed by atoms with Crippen LogP contribution in [-0.4, -0.2) is 32.7 Å². The molecule has 176 valence electrons. The van der Waals surface area contributed by atoms with Gasteiger partial charge in [-0.25, -0.2) is 15.4 Å². The fourth-order valence-electron chi connectivity index (χ4n) is 3.78. The molecule has 1 atom stereocenters. The highest BCUT2D eigenvalue weighted by Gasteiger charge is 2.12. The molecule has 2 heterocycles. The average Bonchev–Trinajstić information content (AvgIpc) is 3.32. The number of nitrogens with one attached hydrogen (secondary N) is 3. The third-order valence-electron chi connectivity index (χ3n) is 5.69. The zero-order chi connectivity index (χ0) is 23.8. The summed E-state index contributed by atoms with van der Waals surface area (Å²) in [4.78, 5) is 23.2. The molecule has 2 aromatic heterocycles. The zero-order valence-corrected chi connectivity index (χ0v) is 19.1. The number of carbonyl (C=O) groups excluding carboxylic acids is 1. The number of amides is 1. The number of hydrogen-bond acceptors (Lipinski definition) is 6. The lowest BCUT2D eigenvalue weighted by Gasteiger charge is -2.15. The Balaban J connectivity index is 1.37. The van der Waals surface area contributed by atoms with Crippen LogP contribution in [0.15, 0.2) is 67.0 Å². The highest BCUT2D eigenvalue weighted by Crippen LogP contribution is 2.29. The Morgan fingerprint density at radius 2 is 1.85 bits per heavy atom. The number of aromatic amines is 1. The number of unbranched alkanes of at least 4 members (excludes halogenated alkanes) is 2. The van der Waals surface area contributed by atoms with Crippen molar-refractivity contribution in [2.24, 2.45) is 0 Å². The van der Waals surface area contributed by atoms with Crippen LogP contribution < -0.4 is 15.5 Å². The first-order valence-corrected chi connectivity index (χ1v) is 11.5. The van der Waals surface area contributed by atoms with Crippen molar-refractivity contribution in [3.8, 4) is 17.0 Å². The van der Waals surface area contributed by atoms with Crippen molar-refractivity contribution in [2.75, 3.05) is 11.9 Å². The van der Waals surface area contributed by atoms with Gasteiger partial charge in [-0.1, -0.05) is 30.3 Å². The molecule has 1 unspecified atom stereocenters. The summed E-state index contributed by atoms with van der Waals surface area (Å²) >= 11 is 0. The number of carbonyl (C=O) groups is 1. The number of nitrogens with zero attached hydrogens (tertiary/aromatic N) is 2. The van der Waals surface area contributed by atoms with Crippen LogP contribution in [0.25, 0.3) is 22.3 Å². The van der Waals surface area contributed by atoms with Crippen LogP contribution in [0.5, 0.6) is 5.75 Å². The van der Waals surface area contributed by atoms with Gasteiger partial charge in [-0.2, -0.15) is 0 Å². The van der Waals surface area contributed by atoms with Gasteiger partial charge >= 0.3 is 0 Å². The van der Waals surface area contributed by atoms with E-state index in [0.29, 0.717) is 13.0 Å². The van der Waals surface area contributed by atoms with E-state index in [-0.39, 0.29) is 11.9 Å². The van der Waals surface area contributed by atoms with E-state index < -0.39 is 0 Å². The smallest absolute Gasteiger partial charge is 0.243 e. The van der Waals surface area contributed by atoms with Crippen LogP contribution in [0.3, 0.4) is 0 Å². The number of aromatic nitrogens is 3. The van der Waals surface area contributed by atoms with Gasteiger partial charge in [0.1, 0.15) is 23.5 Å². The average molecular weight is 460 g/mol. The Kier molecular flexibility index (Phi) is 7.72. The molecule has 0 aliphatic carbocycles. The molecule has 4 N–H and O–H groups in total. The number of hydroxylamine groups is 1. The second-order valence-electron chi connectivity index (χ2n) is 8.16. The van der Waals surface area contributed by atoms with Gasteiger partial charge in [0.25, 0.3) is 0 Å². The second-order valence-corrected chi connectivity index (χ2v) is 8.16. The summed E-state index contributed by atoms with van der Waals surface area (Å²) in [6.07, 6.45) is 4.32. The molecule has 4 rings (SSSR count). The highest BCUT2D eigenvalue weighted by molar-refractivity contribution is 5.91. The molecule has 0 aliphatic heterocycles. The first-order chi connectivity index (χ1) is 16.6. The fraction of sp³-hybridized carbons (Fsp3) is 0.269. The number of benzene rings is 2. The SMILES string of the molecule is CC(Nc1ncnc2[nH]c(-c3ccc(OCCCCCC(=O)NO)cc3)cc12)c1ccccc1. The lowest BCUT2D eigenvalue weighted by molar-refractivity contribution is -0.129. The van der Waals surface area contributed by atoms with Gasteiger partial charge in [-0.15, -0.1) is 0 Å². The number of rotatable bonds is 11. The van der Waals surface area contributed by atoms with Crippen molar-refractivity contribution in [3.63, 3.8) is 0 Å². The third kappa shape index (κ3) is 5.90. The Morgan fingerprint density at radius 3 is 2.62 bits per heavy atom. The maximum absolute atomic E-state index is 11.0. The first-order valence-electron chi connectivity index (χ1n) is 11.5. The van der Waals surface area contributed by atoms with Gasteiger partial charge in [0.2, 0.25) is 5.91 Å². The molecule has 8 heteroatoms. The minimum absolute atomic E-state index is 0.112. The summed E-state index contributed by atoms with van der Waals surface area (Å²) in [6, 6.07) is 20.4. The molecule has 1 amide bonds. The van der Waals surface area contributed by atoms with Crippen LogP contribution in [0.1, 0.15) is 44.2 Å². The standard InChI is InChI=1S/C26H29N5O3/c1-18(19-8-4-2-5-9-19)29-25-22-16-23(30-26(22)28-17-27-25)20-11-13-21(14-12-20)34-15-7-3-6-10-24(32)31-33/h2,4-5,8-9,11-14,16-18,33H,3,6-7,10,15H2,1H3,(H,31,32)(H2,27,28,29,30). The molecule has 0 aliphatic rings. The molecule has 8 nitrogen and oxygen atoms in total. The summed E-state index contributed by atoms with van der Waals surface area (Å²) in [6.45, 7) is 2.69. The van der Waals surface area contributed by atoms with Crippen LogP contribution in [0.4, 0.5) is 5.82 Å². The number of hydrogen-bond donors (Lipinski definition) is 4. The topological polar surface area (TPSA) is 112 Å². The molecule has 34 heavy (non-hydrogen) atoms. The van der Waals surface area contributed by atoms with Crippen molar-refractivity contribution in [3.05, 3.63) is 72.6 Å². The monoisotopic (exact) mass is 459 g/mol. The molecule has 4 aromatic rings. The summed E-state index contributed by atoms with van der Waals surface area (Å²) in [7, 11) is 0. The number of fused-ring (bicyclic) bond motifs is 1. The van der Waals surface area contributed by atoms with Crippen molar-refractivity contribution in [2.45, 2.75) is 38.6 Å². The molecule has 0 spiro atoms. The first kappa shape index (κ1) is 23.3. The van der Waals surface area contributed by atoms with Crippen molar-refractivity contribution in [1.29, 1.82) is 0 Å². The van der Waals surface area contributed by atoms with Crippen molar-refractivity contribution >= 4 is 22.8 Å². The molecular weight excluding hydrogens is 430 g/mol. The number of anilines is 1.